The number of aromatic nitrogens is 3. The number of esters is 1. The van der Waals surface area contributed by atoms with Gasteiger partial charge >= 0.3 is 16.2 Å². The molecular formula is C39H42F3N5O10S. The van der Waals surface area contributed by atoms with Crippen molar-refractivity contribution >= 4 is 38.7 Å². The van der Waals surface area contributed by atoms with Crippen molar-refractivity contribution in [3.8, 4) is 16.9 Å². The summed E-state index contributed by atoms with van der Waals surface area (Å²) in [6.07, 6.45) is 1.87. The molecule has 5 aromatic rings. The zero-order valence-electron chi connectivity index (χ0n) is 31.7. The lowest BCUT2D eigenvalue weighted by atomic mass is 10.00. The van der Waals surface area contributed by atoms with Crippen LogP contribution in [0.4, 0.5) is 18.9 Å². The predicted molar refractivity (Wildman–Crippen MR) is 204 cm³/mol. The van der Waals surface area contributed by atoms with E-state index in [1.807, 2.05) is 4.72 Å². The molecule has 2 atom stereocenters. The number of fused-ring (bicyclic) bond motifs is 1. The monoisotopic (exact) mass is 829 g/mol. The molecule has 0 radical (unpaired) electrons. The molecule has 0 bridgehead atoms. The van der Waals surface area contributed by atoms with Gasteiger partial charge in [-0.1, -0.05) is 17.3 Å². The molecule has 15 nitrogen and oxygen atoms in total. The quantitative estimate of drug-likeness (QED) is 0.0538. The molecule has 1 aliphatic heterocycles. The fourth-order valence-electron chi connectivity index (χ4n) is 6.20. The van der Waals surface area contributed by atoms with Crippen molar-refractivity contribution in [2.24, 2.45) is 0 Å². The van der Waals surface area contributed by atoms with E-state index in [0.717, 1.165) is 22.0 Å². The first kappa shape index (κ1) is 42.3. The second kappa shape index (κ2) is 19.4. The van der Waals surface area contributed by atoms with Crippen molar-refractivity contribution in [2.75, 3.05) is 71.2 Å². The Hall–Kier alpha value is -5.34. The van der Waals surface area contributed by atoms with E-state index >= 15 is 4.39 Å². The van der Waals surface area contributed by atoms with Crippen LogP contribution >= 0.6 is 0 Å². The molecule has 1 aliphatic rings. The summed E-state index contributed by atoms with van der Waals surface area (Å²) in [4.78, 5) is 32.9. The first-order chi connectivity index (χ1) is 27.9. The fourth-order valence-corrected chi connectivity index (χ4v) is 7.47. The molecule has 2 aromatic carbocycles. The first-order valence-corrected chi connectivity index (χ1v) is 19.8. The van der Waals surface area contributed by atoms with Gasteiger partial charge in [-0.25, -0.2) is 18.2 Å². The highest BCUT2D eigenvalue weighted by molar-refractivity contribution is 7.90. The molecule has 58 heavy (non-hydrogen) atoms. The highest BCUT2D eigenvalue weighted by Gasteiger charge is 2.33. The number of H-pyrrole nitrogens is 1. The van der Waals surface area contributed by atoms with E-state index < -0.39 is 63.5 Å². The number of benzene rings is 2. The molecule has 310 valence electrons. The van der Waals surface area contributed by atoms with Crippen LogP contribution in [0.5, 0.6) is 5.75 Å². The highest BCUT2D eigenvalue weighted by atomic mass is 32.2. The van der Waals surface area contributed by atoms with Crippen molar-refractivity contribution in [3.05, 3.63) is 95.1 Å². The van der Waals surface area contributed by atoms with Crippen molar-refractivity contribution in [1.82, 2.24) is 19.4 Å². The van der Waals surface area contributed by atoms with E-state index in [9.17, 15) is 26.8 Å². The number of halogens is 3. The maximum absolute atomic E-state index is 15.6. The standard InChI is InChI=1S/C39H42F3N5O10S/c1-24-19-34(57-45-24)29(39(49)52-2)10-12-53-13-14-54-15-16-55-17-18-56-28-5-3-25(4-6-28)26-20-30-31(22-44-38(30)43-21-26)37(48)35-32(41)7-8-33(36(35)42)46-58(50,51)47-11-9-27(40)23-47/h3-8,19-22,27,29,46H,9-18,23H2,1-2H3,(H,43,44)/t27-,29?/m1/s1. The number of nitrogens with zero attached hydrogens (tertiary/aromatic N) is 3. The Bertz CT molecular complexity index is 2300. The van der Waals surface area contributed by atoms with E-state index in [0.29, 0.717) is 74.5 Å². The highest BCUT2D eigenvalue weighted by Crippen LogP contribution is 2.31. The average Bonchev–Trinajstić information content (AvgIpc) is 3.97. The van der Waals surface area contributed by atoms with Gasteiger partial charge in [-0.15, -0.1) is 0 Å². The van der Waals surface area contributed by atoms with Gasteiger partial charge in [0.1, 0.15) is 35.9 Å². The predicted octanol–water partition coefficient (Wildman–Crippen LogP) is 5.51. The molecule has 3 aromatic heterocycles. The third-order valence-corrected chi connectivity index (χ3v) is 10.7. The van der Waals surface area contributed by atoms with Crippen LogP contribution in [0.1, 0.15) is 46.1 Å². The third kappa shape index (κ3) is 10.4. The molecule has 4 heterocycles. The van der Waals surface area contributed by atoms with Crippen molar-refractivity contribution in [1.29, 1.82) is 0 Å². The SMILES string of the molecule is COC(=O)C(CCOCCOCCOCCOc1ccc(-c2cnc3[nH]cc(C(=O)c4c(F)ccc(NS(=O)(=O)N5CC[C@@H](F)C5)c4F)c3c2)cc1)c1cc(C)no1. The molecule has 1 fully saturated rings. The summed E-state index contributed by atoms with van der Waals surface area (Å²) in [5.41, 5.74) is 0.600. The minimum absolute atomic E-state index is 0.00420. The topological polar surface area (TPSA) is 184 Å². The number of methoxy groups -OCH3 is 1. The van der Waals surface area contributed by atoms with E-state index in [1.54, 1.807) is 49.5 Å². The van der Waals surface area contributed by atoms with Crippen LogP contribution in [-0.2, 0) is 34.0 Å². The van der Waals surface area contributed by atoms with Crippen LogP contribution in [0.3, 0.4) is 0 Å². The van der Waals surface area contributed by atoms with Gasteiger partial charge in [0.25, 0.3) is 0 Å². The minimum atomic E-state index is -4.36. The number of ketones is 1. The number of aromatic amines is 1. The van der Waals surface area contributed by atoms with Gasteiger partial charge < -0.3 is 33.2 Å². The van der Waals surface area contributed by atoms with Crippen LogP contribution in [0.15, 0.2) is 65.4 Å². The Morgan fingerprint density at radius 3 is 2.34 bits per heavy atom. The van der Waals surface area contributed by atoms with E-state index in [2.05, 4.69) is 15.1 Å². The number of rotatable bonds is 21. The van der Waals surface area contributed by atoms with Gasteiger partial charge in [0.2, 0.25) is 5.78 Å². The van der Waals surface area contributed by atoms with Gasteiger partial charge in [-0.05, 0) is 55.7 Å². The zero-order chi connectivity index (χ0) is 41.2. The number of carbonyl (C=O) groups excluding carboxylic acids is 2. The van der Waals surface area contributed by atoms with Crippen LogP contribution < -0.4 is 9.46 Å². The lowest BCUT2D eigenvalue weighted by Gasteiger charge is -2.18. The number of aryl methyl sites for hydroxylation is 1. The zero-order valence-corrected chi connectivity index (χ0v) is 32.5. The second-order valence-corrected chi connectivity index (χ2v) is 14.9. The lowest BCUT2D eigenvalue weighted by Crippen LogP contribution is -2.34. The van der Waals surface area contributed by atoms with Crippen LogP contribution in [0, 0.1) is 18.6 Å². The minimum Gasteiger partial charge on any atom is -0.491 e. The maximum atomic E-state index is 15.6. The van der Waals surface area contributed by atoms with Crippen LogP contribution in [0.2, 0.25) is 0 Å². The Morgan fingerprint density at radius 2 is 1.69 bits per heavy atom. The van der Waals surface area contributed by atoms with E-state index in [1.165, 1.54) is 13.3 Å². The number of carbonyl (C=O) groups is 2. The van der Waals surface area contributed by atoms with Gasteiger partial charge in [0, 0.05) is 54.7 Å². The van der Waals surface area contributed by atoms with Gasteiger partial charge in [-0.3, -0.25) is 14.3 Å². The molecule has 6 rings (SSSR count). The number of hydrogen-bond donors (Lipinski definition) is 2. The summed E-state index contributed by atoms with van der Waals surface area (Å²) in [5, 5.41) is 4.11. The van der Waals surface area contributed by atoms with Crippen molar-refractivity contribution < 1.29 is 59.4 Å². The number of anilines is 1. The number of ether oxygens (including phenoxy) is 5. The molecule has 19 heteroatoms. The van der Waals surface area contributed by atoms with Gasteiger partial charge in [0.15, 0.2) is 11.6 Å². The second-order valence-electron chi connectivity index (χ2n) is 13.2. The van der Waals surface area contributed by atoms with Crippen molar-refractivity contribution in [3.63, 3.8) is 0 Å². The molecular weight excluding hydrogens is 788 g/mol. The van der Waals surface area contributed by atoms with Crippen LogP contribution in [0.25, 0.3) is 22.2 Å². The molecule has 0 amide bonds. The summed E-state index contributed by atoms with van der Waals surface area (Å²) < 4.78 is 105. The normalized spacial score (nSPS) is 15.2. The van der Waals surface area contributed by atoms with Crippen molar-refractivity contribution in [2.45, 2.75) is 31.9 Å². The van der Waals surface area contributed by atoms with E-state index in [4.69, 9.17) is 28.2 Å². The number of pyridine rings is 1. The Morgan fingerprint density at radius 1 is 0.983 bits per heavy atom. The summed E-state index contributed by atoms with van der Waals surface area (Å²) in [6.45, 7) is 3.56. The number of hydrogen-bond acceptors (Lipinski definition) is 12. The van der Waals surface area contributed by atoms with E-state index in [-0.39, 0.29) is 30.5 Å². The van der Waals surface area contributed by atoms with Crippen LogP contribution in [-0.4, -0.2) is 112 Å². The van der Waals surface area contributed by atoms with Gasteiger partial charge in [-0.2, -0.15) is 12.7 Å². The molecule has 0 spiro atoms. The molecule has 1 saturated heterocycles. The number of nitrogens with one attached hydrogen (secondary N) is 2. The number of alkyl halides is 1. The molecule has 1 unspecified atom stereocenters. The molecule has 2 N–H and O–H groups in total. The Kier molecular flexibility index (Phi) is 14.1. The van der Waals surface area contributed by atoms with Gasteiger partial charge in [0.05, 0.1) is 57.1 Å². The largest absolute Gasteiger partial charge is 0.491 e. The Balaban J connectivity index is 0.942. The maximum Gasteiger partial charge on any atom is 0.316 e. The smallest absolute Gasteiger partial charge is 0.316 e. The summed E-state index contributed by atoms with van der Waals surface area (Å²) in [6, 6.07) is 12.1. The molecule has 0 saturated carbocycles. The average molecular weight is 830 g/mol. The molecule has 0 aliphatic carbocycles. The summed E-state index contributed by atoms with van der Waals surface area (Å²) >= 11 is 0. The Labute approximate surface area is 331 Å². The summed E-state index contributed by atoms with van der Waals surface area (Å²) in [5.74, 6) is -3.63. The fraction of sp³-hybridized carbons (Fsp3) is 0.385. The summed E-state index contributed by atoms with van der Waals surface area (Å²) in [7, 11) is -3.04. The lowest BCUT2D eigenvalue weighted by molar-refractivity contribution is -0.143. The third-order valence-electron chi connectivity index (χ3n) is 9.22. The first-order valence-electron chi connectivity index (χ1n) is 18.3.